The van der Waals surface area contributed by atoms with Crippen molar-refractivity contribution in [1.82, 2.24) is 0 Å². The third kappa shape index (κ3) is 12.0. The SMILES string of the molecule is C=C(C[C@H]1[C@@H](OCc2ccccc2)[C@@H](COCc2ccccc2)O[C@@H](OCc2ccccc2)[C@@H]1OCc1ccccc1)C[C@@H]1OC(=O)O[C@@H]1[C@@H](O)[C@H](O)[C@H](O)CO. The summed E-state index contributed by atoms with van der Waals surface area (Å²) >= 11 is 0. The lowest BCUT2D eigenvalue weighted by atomic mass is 9.82. The van der Waals surface area contributed by atoms with Crippen molar-refractivity contribution in [2.24, 2.45) is 5.92 Å². The second-order valence-corrected chi connectivity index (χ2v) is 14.4. The molecule has 304 valence electrons. The highest BCUT2D eigenvalue weighted by Crippen LogP contribution is 2.38. The monoisotopic (exact) mass is 784 g/mol. The van der Waals surface area contributed by atoms with Crippen LogP contribution in [-0.4, -0.2) is 94.9 Å². The minimum atomic E-state index is -1.80. The normalized spacial score (nSPS) is 24.9. The molecular weight excluding hydrogens is 732 g/mol. The average Bonchev–Trinajstić information content (AvgIpc) is 3.61. The summed E-state index contributed by atoms with van der Waals surface area (Å²) in [7, 11) is 0. The molecule has 2 heterocycles. The molecule has 0 saturated carbocycles. The van der Waals surface area contributed by atoms with Gasteiger partial charge in [-0.1, -0.05) is 133 Å². The van der Waals surface area contributed by atoms with Crippen LogP contribution in [0.4, 0.5) is 4.79 Å². The fraction of sp³-hybridized carbons (Fsp3) is 0.400. The molecule has 10 atom stereocenters. The fourth-order valence-electron chi connectivity index (χ4n) is 7.16. The van der Waals surface area contributed by atoms with Gasteiger partial charge in [-0.15, -0.1) is 0 Å². The Balaban J connectivity index is 1.30. The number of hydrogen-bond donors (Lipinski definition) is 4. The Morgan fingerprint density at radius 2 is 1.12 bits per heavy atom. The van der Waals surface area contributed by atoms with Gasteiger partial charge in [-0.05, 0) is 28.7 Å². The predicted molar refractivity (Wildman–Crippen MR) is 208 cm³/mol. The van der Waals surface area contributed by atoms with Crippen molar-refractivity contribution >= 4 is 6.16 Å². The first-order valence-corrected chi connectivity index (χ1v) is 19.2. The lowest BCUT2D eigenvalue weighted by Crippen LogP contribution is -2.58. The van der Waals surface area contributed by atoms with Gasteiger partial charge in [0.15, 0.2) is 12.4 Å². The van der Waals surface area contributed by atoms with Crippen molar-refractivity contribution in [3.8, 4) is 0 Å². The van der Waals surface area contributed by atoms with Crippen LogP contribution in [0.25, 0.3) is 0 Å². The van der Waals surface area contributed by atoms with E-state index in [1.165, 1.54) is 0 Å². The zero-order valence-electron chi connectivity index (χ0n) is 31.7. The standard InChI is InChI=1S/C45H52O12/c1-30(23-37-43(57-45(50)56-37)40(49)39(48)36(47)24-46)22-35-41(52-26-32-16-8-3-9-17-32)38(29-51-25-31-14-6-2-7-15-31)55-44(54-28-34-20-12-5-13-21-34)42(35)53-27-33-18-10-4-11-19-33/h2-21,35-44,46-49H,1,22-29H2/t35-,36+,37-,38+,39+,40-,41+,42+,43-,44+/m0/s1. The van der Waals surface area contributed by atoms with Crippen LogP contribution in [0.3, 0.4) is 0 Å². The van der Waals surface area contributed by atoms with Gasteiger partial charge in [0.25, 0.3) is 0 Å². The number of hydrogen-bond acceptors (Lipinski definition) is 12. The Bertz CT molecular complexity index is 1780. The highest BCUT2D eigenvalue weighted by atomic mass is 16.8. The summed E-state index contributed by atoms with van der Waals surface area (Å²) < 4.78 is 43.9. The Hall–Kier alpha value is -4.47. The van der Waals surface area contributed by atoms with E-state index in [0.717, 1.165) is 22.3 Å². The van der Waals surface area contributed by atoms with E-state index < -0.39 is 73.8 Å². The maximum Gasteiger partial charge on any atom is 0.509 e. The molecule has 0 spiro atoms. The Morgan fingerprint density at radius 3 is 1.65 bits per heavy atom. The molecule has 57 heavy (non-hydrogen) atoms. The first-order valence-electron chi connectivity index (χ1n) is 19.2. The summed E-state index contributed by atoms with van der Waals surface area (Å²) in [4.78, 5) is 12.4. The van der Waals surface area contributed by atoms with Gasteiger partial charge in [0.05, 0.1) is 45.7 Å². The smallest absolute Gasteiger partial charge is 0.427 e. The number of rotatable bonds is 21. The zero-order valence-corrected chi connectivity index (χ0v) is 31.7. The maximum absolute atomic E-state index is 12.4. The van der Waals surface area contributed by atoms with E-state index in [1.807, 2.05) is 121 Å². The fourth-order valence-corrected chi connectivity index (χ4v) is 7.16. The Morgan fingerprint density at radius 1 is 0.632 bits per heavy atom. The average molecular weight is 785 g/mol. The van der Waals surface area contributed by atoms with Crippen LogP contribution in [0.1, 0.15) is 35.1 Å². The van der Waals surface area contributed by atoms with Gasteiger partial charge in [-0.2, -0.15) is 0 Å². The van der Waals surface area contributed by atoms with E-state index in [4.69, 9.17) is 33.2 Å². The molecule has 0 aromatic heterocycles. The second kappa shape index (κ2) is 21.3. The summed E-state index contributed by atoms with van der Waals surface area (Å²) in [6.45, 7) is 4.84. The van der Waals surface area contributed by atoms with Crippen LogP contribution in [0.2, 0.25) is 0 Å². The van der Waals surface area contributed by atoms with E-state index in [9.17, 15) is 25.2 Å². The molecular formula is C45H52O12. The number of aliphatic hydroxyl groups excluding tert-OH is 4. The van der Waals surface area contributed by atoms with Gasteiger partial charge < -0.3 is 53.6 Å². The molecule has 0 unspecified atom stereocenters. The number of carbonyl (C=O) groups excluding carboxylic acids is 1. The van der Waals surface area contributed by atoms with Crippen LogP contribution in [0, 0.1) is 5.92 Å². The number of benzene rings is 4. The van der Waals surface area contributed by atoms with E-state index >= 15 is 0 Å². The van der Waals surface area contributed by atoms with Crippen molar-refractivity contribution in [1.29, 1.82) is 0 Å². The third-order valence-corrected chi connectivity index (χ3v) is 10.1. The number of cyclic esters (lactones) is 2. The molecule has 6 rings (SSSR count). The van der Waals surface area contributed by atoms with Crippen molar-refractivity contribution in [2.75, 3.05) is 13.2 Å². The molecule has 0 aliphatic carbocycles. The maximum atomic E-state index is 12.4. The van der Waals surface area contributed by atoms with Gasteiger partial charge in [0.1, 0.15) is 36.6 Å². The lowest BCUT2D eigenvalue weighted by molar-refractivity contribution is -0.313. The number of aliphatic hydroxyl groups is 4. The molecule has 2 saturated heterocycles. The summed E-state index contributed by atoms with van der Waals surface area (Å²) in [6.07, 6.45) is -11.1. The molecule has 0 radical (unpaired) electrons. The first-order chi connectivity index (χ1) is 27.8. The van der Waals surface area contributed by atoms with E-state index in [-0.39, 0.29) is 39.3 Å². The summed E-state index contributed by atoms with van der Waals surface area (Å²) in [5.41, 5.74) is 4.46. The minimum Gasteiger partial charge on any atom is -0.427 e. The molecule has 12 nitrogen and oxygen atoms in total. The minimum absolute atomic E-state index is 0.0360. The first kappa shape index (κ1) is 42.1. The van der Waals surface area contributed by atoms with Gasteiger partial charge >= 0.3 is 6.16 Å². The lowest BCUT2D eigenvalue weighted by Gasteiger charge is -2.46. The molecule has 0 bridgehead atoms. The molecule has 0 amide bonds. The third-order valence-electron chi connectivity index (χ3n) is 10.1. The van der Waals surface area contributed by atoms with Crippen LogP contribution in [0.5, 0.6) is 0 Å². The number of ether oxygens (including phenoxy) is 7. The molecule has 2 aliphatic rings. The summed E-state index contributed by atoms with van der Waals surface area (Å²) in [6, 6.07) is 39.2. The van der Waals surface area contributed by atoms with Crippen molar-refractivity contribution in [3.05, 3.63) is 156 Å². The second-order valence-electron chi connectivity index (χ2n) is 14.4. The quantitative estimate of drug-likeness (QED) is 0.0643. The van der Waals surface area contributed by atoms with Crippen molar-refractivity contribution < 1.29 is 58.4 Å². The van der Waals surface area contributed by atoms with Gasteiger partial charge in [-0.25, -0.2) is 4.79 Å². The van der Waals surface area contributed by atoms with Crippen molar-refractivity contribution in [3.63, 3.8) is 0 Å². The predicted octanol–water partition coefficient (Wildman–Crippen LogP) is 5.25. The van der Waals surface area contributed by atoms with E-state index in [0.29, 0.717) is 12.2 Å². The highest BCUT2D eigenvalue weighted by molar-refractivity contribution is 5.62. The Kier molecular flexibility index (Phi) is 15.8. The van der Waals surface area contributed by atoms with Crippen LogP contribution >= 0.6 is 0 Å². The van der Waals surface area contributed by atoms with Gasteiger partial charge in [0, 0.05) is 12.3 Å². The van der Waals surface area contributed by atoms with E-state index in [2.05, 4.69) is 6.58 Å². The molecule has 2 aliphatic heterocycles. The largest absolute Gasteiger partial charge is 0.509 e. The number of carbonyl (C=O) groups is 1. The van der Waals surface area contributed by atoms with Crippen LogP contribution in [0.15, 0.2) is 133 Å². The molecule has 2 fully saturated rings. The van der Waals surface area contributed by atoms with Crippen LogP contribution in [-0.2, 0) is 59.6 Å². The van der Waals surface area contributed by atoms with Crippen LogP contribution < -0.4 is 0 Å². The summed E-state index contributed by atoms with van der Waals surface area (Å²) in [5.74, 6) is -0.451. The summed E-state index contributed by atoms with van der Waals surface area (Å²) in [5, 5.41) is 40.7. The molecule has 4 N–H and O–H groups in total. The van der Waals surface area contributed by atoms with E-state index in [1.54, 1.807) is 0 Å². The molecule has 12 heteroatoms. The molecule has 4 aromatic rings. The van der Waals surface area contributed by atoms with Gasteiger partial charge in [-0.3, -0.25) is 0 Å². The zero-order chi connectivity index (χ0) is 40.0. The Labute approximate surface area is 333 Å². The van der Waals surface area contributed by atoms with Crippen molar-refractivity contribution in [2.45, 2.75) is 94.4 Å². The molecule has 4 aromatic carbocycles. The van der Waals surface area contributed by atoms with Gasteiger partial charge in [0.2, 0.25) is 0 Å². The highest BCUT2D eigenvalue weighted by Gasteiger charge is 2.50. The topological polar surface area (TPSA) is 163 Å².